The van der Waals surface area contributed by atoms with Crippen molar-refractivity contribution in [2.75, 3.05) is 6.54 Å². The van der Waals surface area contributed by atoms with Gasteiger partial charge in [-0.2, -0.15) is 0 Å². The van der Waals surface area contributed by atoms with E-state index >= 15 is 0 Å². The average Bonchev–Trinajstić information content (AvgIpc) is 2.10. The molecule has 0 atom stereocenters. The molecule has 0 aromatic heterocycles. The van der Waals surface area contributed by atoms with E-state index in [2.05, 4.69) is 5.32 Å². The monoisotopic (exact) mass is 230 g/mol. The lowest BCUT2D eigenvalue weighted by atomic mass is 9.86. The zero-order valence-electron chi connectivity index (χ0n) is 11.0. The second kappa shape index (κ2) is 6.21. The summed E-state index contributed by atoms with van der Waals surface area (Å²) in [5, 5.41) is 12.7. The van der Waals surface area contributed by atoms with Crippen LogP contribution in [0, 0.1) is 0 Å². The normalized spacial score (nSPS) is 12.6. The summed E-state index contributed by atoms with van der Waals surface area (Å²) < 4.78 is 0. The number of hydrogen-bond acceptors (Lipinski definition) is 3. The maximum absolute atomic E-state index is 11.6. The van der Waals surface area contributed by atoms with Gasteiger partial charge in [-0.15, -0.1) is 0 Å². The molecule has 0 bridgehead atoms. The lowest BCUT2D eigenvalue weighted by Crippen LogP contribution is -2.57. The zero-order valence-corrected chi connectivity index (χ0v) is 11.0. The lowest BCUT2D eigenvalue weighted by Gasteiger charge is -2.38. The minimum absolute atomic E-state index is 0.0100. The minimum Gasteiger partial charge on any atom is -0.388 e. The molecule has 0 radical (unpaired) electrons. The lowest BCUT2D eigenvalue weighted by molar-refractivity contribution is -0.126. The SMILES string of the molecule is CC(C)(O)C(C)(C)NC(=O)CCCCCN. The van der Waals surface area contributed by atoms with Crippen LogP contribution in [-0.2, 0) is 4.79 Å². The molecule has 0 aliphatic rings. The van der Waals surface area contributed by atoms with Gasteiger partial charge < -0.3 is 16.2 Å². The average molecular weight is 230 g/mol. The summed E-state index contributed by atoms with van der Waals surface area (Å²) in [5.74, 6) is -0.0100. The van der Waals surface area contributed by atoms with E-state index in [0.717, 1.165) is 19.3 Å². The Hall–Kier alpha value is -0.610. The Morgan fingerprint density at radius 2 is 1.75 bits per heavy atom. The second-order valence-electron chi connectivity index (χ2n) is 5.33. The molecule has 0 spiro atoms. The molecule has 96 valence electrons. The van der Waals surface area contributed by atoms with Crippen LogP contribution in [0.5, 0.6) is 0 Å². The molecule has 0 rings (SSSR count). The highest BCUT2D eigenvalue weighted by Crippen LogP contribution is 2.20. The molecule has 0 saturated heterocycles. The van der Waals surface area contributed by atoms with Gasteiger partial charge in [-0.1, -0.05) is 6.42 Å². The van der Waals surface area contributed by atoms with Gasteiger partial charge in [0.25, 0.3) is 0 Å². The van der Waals surface area contributed by atoms with Crippen molar-refractivity contribution in [2.24, 2.45) is 5.73 Å². The third kappa shape index (κ3) is 5.47. The van der Waals surface area contributed by atoms with E-state index in [4.69, 9.17) is 5.73 Å². The summed E-state index contributed by atoms with van der Waals surface area (Å²) in [6.45, 7) is 7.72. The Kier molecular flexibility index (Phi) is 5.97. The van der Waals surface area contributed by atoms with E-state index in [0.29, 0.717) is 13.0 Å². The fraction of sp³-hybridized carbons (Fsp3) is 0.917. The number of carbonyl (C=O) groups is 1. The second-order valence-corrected chi connectivity index (χ2v) is 5.33. The van der Waals surface area contributed by atoms with Gasteiger partial charge in [-0.05, 0) is 47.1 Å². The number of aliphatic hydroxyl groups is 1. The van der Waals surface area contributed by atoms with Crippen LogP contribution in [0.15, 0.2) is 0 Å². The van der Waals surface area contributed by atoms with Crippen LogP contribution >= 0.6 is 0 Å². The largest absolute Gasteiger partial charge is 0.388 e. The minimum atomic E-state index is -0.931. The molecule has 4 nitrogen and oxygen atoms in total. The van der Waals surface area contributed by atoms with Crippen molar-refractivity contribution in [3.05, 3.63) is 0 Å². The van der Waals surface area contributed by atoms with Gasteiger partial charge in [0, 0.05) is 6.42 Å². The van der Waals surface area contributed by atoms with E-state index in [1.165, 1.54) is 0 Å². The molecule has 0 aromatic carbocycles. The van der Waals surface area contributed by atoms with Crippen LogP contribution < -0.4 is 11.1 Å². The number of nitrogens with one attached hydrogen (secondary N) is 1. The highest BCUT2D eigenvalue weighted by atomic mass is 16.3. The summed E-state index contributed by atoms with van der Waals surface area (Å²) in [7, 11) is 0. The molecular weight excluding hydrogens is 204 g/mol. The third-order valence-electron chi connectivity index (χ3n) is 3.09. The zero-order chi connectivity index (χ0) is 12.8. The van der Waals surface area contributed by atoms with Gasteiger partial charge in [-0.25, -0.2) is 0 Å². The van der Waals surface area contributed by atoms with Crippen LogP contribution in [0.2, 0.25) is 0 Å². The fourth-order valence-corrected chi connectivity index (χ4v) is 1.17. The molecule has 0 saturated carbocycles. The number of carbonyl (C=O) groups excluding carboxylic acids is 1. The number of nitrogens with two attached hydrogens (primary N) is 1. The third-order valence-corrected chi connectivity index (χ3v) is 3.09. The fourth-order valence-electron chi connectivity index (χ4n) is 1.17. The van der Waals surface area contributed by atoms with Crippen LogP contribution in [0.3, 0.4) is 0 Å². The quantitative estimate of drug-likeness (QED) is 0.575. The van der Waals surface area contributed by atoms with E-state index in [-0.39, 0.29) is 5.91 Å². The predicted octanol–water partition coefficient (Wildman–Crippen LogP) is 1.17. The standard InChI is InChI=1S/C12H26N2O2/c1-11(2,12(3,4)16)14-10(15)8-6-5-7-9-13/h16H,5-9,13H2,1-4H3,(H,14,15). The van der Waals surface area contributed by atoms with Gasteiger partial charge in [0.15, 0.2) is 0 Å². The Labute approximate surface area is 98.6 Å². The number of rotatable bonds is 7. The van der Waals surface area contributed by atoms with Crippen LogP contribution in [-0.4, -0.2) is 28.7 Å². The number of hydrogen-bond donors (Lipinski definition) is 3. The molecule has 0 aliphatic heterocycles. The van der Waals surface area contributed by atoms with Crippen molar-refractivity contribution < 1.29 is 9.90 Å². The van der Waals surface area contributed by atoms with E-state index < -0.39 is 11.1 Å². The maximum atomic E-state index is 11.6. The molecule has 4 heteroatoms. The highest BCUT2D eigenvalue weighted by molar-refractivity contribution is 5.76. The van der Waals surface area contributed by atoms with E-state index in [9.17, 15) is 9.90 Å². The first-order valence-corrected chi connectivity index (χ1v) is 5.94. The summed E-state index contributed by atoms with van der Waals surface area (Å²) in [4.78, 5) is 11.6. The van der Waals surface area contributed by atoms with Crippen molar-refractivity contribution in [1.82, 2.24) is 5.32 Å². The van der Waals surface area contributed by atoms with Crippen molar-refractivity contribution in [3.63, 3.8) is 0 Å². The van der Waals surface area contributed by atoms with Gasteiger partial charge >= 0.3 is 0 Å². The van der Waals surface area contributed by atoms with Crippen molar-refractivity contribution in [2.45, 2.75) is 64.5 Å². The molecule has 1 amide bonds. The van der Waals surface area contributed by atoms with Crippen molar-refractivity contribution in [3.8, 4) is 0 Å². The van der Waals surface area contributed by atoms with Crippen LogP contribution in [0.25, 0.3) is 0 Å². The van der Waals surface area contributed by atoms with Gasteiger partial charge in [0.1, 0.15) is 0 Å². The summed E-state index contributed by atoms with van der Waals surface area (Å²) >= 11 is 0. The Morgan fingerprint density at radius 1 is 1.19 bits per heavy atom. The molecule has 16 heavy (non-hydrogen) atoms. The highest BCUT2D eigenvalue weighted by Gasteiger charge is 2.35. The molecule has 4 N–H and O–H groups in total. The topological polar surface area (TPSA) is 75.3 Å². The summed E-state index contributed by atoms with van der Waals surface area (Å²) in [5.41, 5.74) is 3.83. The van der Waals surface area contributed by atoms with Crippen molar-refractivity contribution >= 4 is 5.91 Å². The van der Waals surface area contributed by atoms with Gasteiger partial charge in [0.05, 0.1) is 11.1 Å². The van der Waals surface area contributed by atoms with Crippen LogP contribution in [0.1, 0.15) is 53.4 Å². The molecule has 0 heterocycles. The van der Waals surface area contributed by atoms with E-state index in [1.807, 2.05) is 13.8 Å². The molecular formula is C12H26N2O2. The van der Waals surface area contributed by atoms with E-state index in [1.54, 1.807) is 13.8 Å². The van der Waals surface area contributed by atoms with Gasteiger partial charge in [-0.3, -0.25) is 4.79 Å². The maximum Gasteiger partial charge on any atom is 0.220 e. The smallest absolute Gasteiger partial charge is 0.220 e. The molecule has 0 aromatic rings. The molecule has 0 unspecified atom stereocenters. The summed E-state index contributed by atoms with van der Waals surface area (Å²) in [6, 6.07) is 0. The van der Waals surface area contributed by atoms with Crippen molar-refractivity contribution in [1.29, 1.82) is 0 Å². The predicted molar refractivity (Wildman–Crippen MR) is 66.0 cm³/mol. The first kappa shape index (κ1) is 15.4. The molecule has 0 aliphatic carbocycles. The first-order valence-electron chi connectivity index (χ1n) is 5.94. The van der Waals surface area contributed by atoms with Crippen LogP contribution in [0.4, 0.5) is 0 Å². The first-order chi connectivity index (χ1) is 7.20. The number of unbranched alkanes of at least 4 members (excludes halogenated alkanes) is 2. The number of amides is 1. The Balaban J connectivity index is 3.96. The molecule has 0 fully saturated rings. The Morgan fingerprint density at radius 3 is 2.19 bits per heavy atom. The Bertz CT molecular complexity index is 220. The van der Waals surface area contributed by atoms with Gasteiger partial charge in [0.2, 0.25) is 5.91 Å². The summed E-state index contributed by atoms with van der Waals surface area (Å²) in [6.07, 6.45) is 3.29.